The van der Waals surface area contributed by atoms with Crippen LogP contribution in [0.1, 0.15) is 80.1 Å². The van der Waals surface area contributed by atoms with Crippen LogP contribution in [-0.4, -0.2) is 29.0 Å². The van der Waals surface area contributed by atoms with Crippen LogP contribution in [-0.2, 0) is 14.4 Å². The second kappa shape index (κ2) is 7.59. The number of Topliss-reactive ketones (excluding diaryl/α,β-unsaturated/α-hetero) is 1. The number of carbonyl (C=O) groups is 3. The van der Waals surface area contributed by atoms with Crippen LogP contribution in [0.4, 0.5) is 0 Å². The molecule has 1 atom stereocenters. The minimum Gasteiger partial charge on any atom is -0.299 e. The molecule has 132 valence electrons. The summed E-state index contributed by atoms with van der Waals surface area (Å²) in [6, 6.07) is 0. The van der Waals surface area contributed by atoms with Gasteiger partial charge in [-0.1, -0.05) is 54.4 Å². The summed E-state index contributed by atoms with van der Waals surface area (Å²) >= 11 is 0. The first-order valence-electron chi connectivity index (χ1n) is 8.82. The number of rotatable bonds is 7. The second-order valence-electron chi connectivity index (χ2n) is 8.84. The highest BCUT2D eigenvalue weighted by Gasteiger charge is 2.44. The molecular weight excluding hydrogens is 290 g/mol. The van der Waals surface area contributed by atoms with E-state index in [1.165, 1.54) is 4.90 Å². The normalized spacial score (nSPS) is 19.6. The summed E-state index contributed by atoms with van der Waals surface area (Å²) in [5, 5.41) is 0. The molecule has 0 bridgehead atoms. The van der Waals surface area contributed by atoms with Crippen LogP contribution in [0.15, 0.2) is 0 Å². The number of imide groups is 1. The largest absolute Gasteiger partial charge is 0.299 e. The third kappa shape index (κ3) is 5.74. The van der Waals surface area contributed by atoms with Gasteiger partial charge in [0.15, 0.2) is 0 Å². The van der Waals surface area contributed by atoms with Crippen LogP contribution in [0.3, 0.4) is 0 Å². The average Bonchev–Trinajstić information content (AvgIpc) is 2.68. The Balaban J connectivity index is 2.28. The summed E-state index contributed by atoms with van der Waals surface area (Å²) in [4.78, 5) is 37.6. The number of carbonyl (C=O) groups excluding carboxylic acids is 3. The van der Waals surface area contributed by atoms with Gasteiger partial charge in [-0.05, 0) is 18.3 Å². The van der Waals surface area contributed by atoms with Gasteiger partial charge in [0.25, 0.3) is 0 Å². The van der Waals surface area contributed by atoms with E-state index in [4.69, 9.17) is 0 Å². The molecule has 0 aliphatic carbocycles. The van der Waals surface area contributed by atoms with Crippen molar-refractivity contribution < 1.29 is 14.4 Å². The van der Waals surface area contributed by atoms with Crippen molar-refractivity contribution in [3.8, 4) is 0 Å². The predicted molar refractivity (Wildman–Crippen MR) is 91.8 cm³/mol. The Labute approximate surface area is 141 Å². The number of amides is 2. The molecule has 2 amide bonds. The average molecular weight is 323 g/mol. The number of nitrogens with zero attached hydrogens (tertiary/aromatic N) is 1. The Morgan fingerprint density at radius 3 is 2.04 bits per heavy atom. The zero-order valence-corrected chi connectivity index (χ0v) is 15.7. The molecule has 4 nitrogen and oxygen atoms in total. The van der Waals surface area contributed by atoms with Crippen LogP contribution in [0.25, 0.3) is 0 Å². The van der Waals surface area contributed by atoms with Gasteiger partial charge in [0, 0.05) is 24.8 Å². The Hall–Kier alpha value is -1.19. The van der Waals surface area contributed by atoms with Gasteiger partial charge in [-0.3, -0.25) is 19.3 Å². The number of ketones is 1. The van der Waals surface area contributed by atoms with Crippen molar-refractivity contribution in [3.05, 3.63) is 0 Å². The maximum absolute atomic E-state index is 12.3. The van der Waals surface area contributed by atoms with Crippen molar-refractivity contribution in [1.82, 2.24) is 4.90 Å². The fourth-order valence-corrected chi connectivity index (χ4v) is 2.88. The summed E-state index contributed by atoms with van der Waals surface area (Å²) in [6.45, 7) is 12.4. The molecule has 0 N–H and O–H groups in total. The van der Waals surface area contributed by atoms with Crippen molar-refractivity contribution in [2.24, 2.45) is 16.7 Å². The second-order valence-corrected chi connectivity index (χ2v) is 8.84. The van der Waals surface area contributed by atoms with Crippen molar-refractivity contribution in [3.63, 3.8) is 0 Å². The molecule has 1 unspecified atom stereocenters. The molecule has 0 radical (unpaired) electrons. The quantitative estimate of drug-likeness (QED) is 0.526. The lowest BCUT2D eigenvalue weighted by atomic mass is 9.80. The van der Waals surface area contributed by atoms with Gasteiger partial charge < -0.3 is 0 Å². The molecule has 1 rings (SSSR count). The molecule has 1 saturated heterocycles. The lowest BCUT2D eigenvalue weighted by Gasteiger charge is -2.24. The van der Waals surface area contributed by atoms with Crippen molar-refractivity contribution in [1.29, 1.82) is 0 Å². The van der Waals surface area contributed by atoms with Crippen molar-refractivity contribution in [2.75, 3.05) is 6.54 Å². The maximum atomic E-state index is 12.3. The molecular formula is C19H33NO3. The highest BCUT2D eigenvalue weighted by Crippen LogP contribution is 2.35. The van der Waals surface area contributed by atoms with Crippen LogP contribution < -0.4 is 0 Å². The van der Waals surface area contributed by atoms with Gasteiger partial charge in [0.1, 0.15) is 5.78 Å². The Morgan fingerprint density at radius 2 is 1.57 bits per heavy atom. The van der Waals surface area contributed by atoms with Crippen LogP contribution in [0.5, 0.6) is 0 Å². The number of likely N-dealkylation sites (tertiary alicyclic amines) is 1. The third-order valence-electron chi connectivity index (χ3n) is 4.66. The highest BCUT2D eigenvalue weighted by atomic mass is 16.2. The van der Waals surface area contributed by atoms with E-state index < -0.39 is 0 Å². The van der Waals surface area contributed by atoms with Crippen LogP contribution in [0, 0.1) is 16.7 Å². The summed E-state index contributed by atoms with van der Waals surface area (Å²) in [7, 11) is 0. The van der Waals surface area contributed by atoms with E-state index in [2.05, 4.69) is 0 Å². The SMILES string of the molecule is CC(C)(C)C(=O)CCCCCCN1C(=O)CC(C(C)(C)C)C1=O. The fraction of sp³-hybridized carbons (Fsp3) is 0.842. The fourth-order valence-electron chi connectivity index (χ4n) is 2.88. The van der Waals surface area contributed by atoms with E-state index in [1.54, 1.807) is 0 Å². The highest BCUT2D eigenvalue weighted by molar-refractivity contribution is 6.03. The Bertz CT molecular complexity index is 454. The molecule has 0 aromatic carbocycles. The summed E-state index contributed by atoms with van der Waals surface area (Å²) in [5.41, 5.74) is -0.412. The molecule has 1 aliphatic heterocycles. The van der Waals surface area contributed by atoms with Crippen molar-refractivity contribution in [2.45, 2.75) is 80.1 Å². The Morgan fingerprint density at radius 1 is 1.00 bits per heavy atom. The first kappa shape index (κ1) is 19.9. The molecule has 23 heavy (non-hydrogen) atoms. The van der Waals surface area contributed by atoms with Gasteiger partial charge in [0.05, 0.1) is 5.92 Å². The van der Waals surface area contributed by atoms with E-state index in [0.29, 0.717) is 25.2 Å². The van der Waals surface area contributed by atoms with Gasteiger partial charge in [-0.15, -0.1) is 0 Å². The van der Waals surface area contributed by atoms with Crippen LogP contribution >= 0.6 is 0 Å². The summed E-state index contributed by atoms with van der Waals surface area (Å²) in [6.07, 6.45) is 4.62. The molecule has 1 fully saturated rings. The molecule has 0 aromatic rings. The molecule has 0 saturated carbocycles. The topological polar surface area (TPSA) is 54.5 Å². The predicted octanol–water partition coefficient (Wildman–Crippen LogP) is 3.97. The molecule has 0 spiro atoms. The van der Waals surface area contributed by atoms with Crippen molar-refractivity contribution >= 4 is 17.6 Å². The lowest BCUT2D eigenvalue weighted by molar-refractivity contribution is -0.140. The molecule has 4 heteroatoms. The molecule has 1 heterocycles. The van der Waals surface area contributed by atoms with Gasteiger partial charge in [0.2, 0.25) is 11.8 Å². The van der Waals surface area contributed by atoms with E-state index in [1.807, 2.05) is 41.5 Å². The van der Waals surface area contributed by atoms with Gasteiger partial charge in [-0.25, -0.2) is 0 Å². The maximum Gasteiger partial charge on any atom is 0.233 e. The number of hydrogen-bond acceptors (Lipinski definition) is 3. The number of unbranched alkanes of at least 4 members (excludes halogenated alkanes) is 3. The smallest absolute Gasteiger partial charge is 0.233 e. The minimum absolute atomic E-state index is 0.00888. The zero-order valence-electron chi connectivity index (χ0n) is 15.7. The minimum atomic E-state index is -0.254. The third-order valence-corrected chi connectivity index (χ3v) is 4.66. The van der Waals surface area contributed by atoms with E-state index in [0.717, 1.165) is 25.7 Å². The summed E-state index contributed by atoms with van der Waals surface area (Å²) in [5.74, 6) is 0.0815. The van der Waals surface area contributed by atoms with Crippen LogP contribution in [0.2, 0.25) is 0 Å². The van der Waals surface area contributed by atoms with Gasteiger partial charge in [-0.2, -0.15) is 0 Å². The lowest BCUT2D eigenvalue weighted by Crippen LogP contribution is -2.34. The van der Waals surface area contributed by atoms with E-state index in [9.17, 15) is 14.4 Å². The standard InChI is InChI=1S/C19H33NO3/c1-18(2,3)14-13-16(22)20(17(14)23)12-10-8-7-9-11-15(21)19(4,5)6/h14H,7-13H2,1-6H3. The summed E-state index contributed by atoms with van der Waals surface area (Å²) < 4.78 is 0. The first-order chi connectivity index (χ1) is 10.4. The Kier molecular flexibility index (Phi) is 6.55. The monoisotopic (exact) mass is 323 g/mol. The first-order valence-corrected chi connectivity index (χ1v) is 8.82. The zero-order chi connectivity index (χ0) is 17.8. The van der Waals surface area contributed by atoms with E-state index in [-0.39, 0.29) is 28.6 Å². The van der Waals surface area contributed by atoms with Gasteiger partial charge >= 0.3 is 0 Å². The number of hydrogen-bond donors (Lipinski definition) is 0. The molecule has 1 aliphatic rings. The van der Waals surface area contributed by atoms with E-state index >= 15 is 0 Å². The molecule has 0 aromatic heterocycles.